The Kier molecular flexibility index (Phi) is 4.23. The van der Waals surface area contributed by atoms with Crippen LogP contribution in [-0.2, 0) is 4.79 Å². The van der Waals surface area contributed by atoms with Gasteiger partial charge in [0.05, 0.1) is 10.7 Å². The number of rotatable bonds is 3. The molecule has 3 aliphatic rings. The highest BCUT2D eigenvalue weighted by molar-refractivity contribution is 6.33. The zero-order chi connectivity index (χ0) is 15.8. The molecule has 4 rings (SSSR count). The number of anilines is 1. The van der Waals surface area contributed by atoms with Crippen LogP contribution in [0.4, 0.5) is 5.69 Å². The lowest BCUT2D eigenvalue weighted by Gasteiger charge is -2.37. The number of para-hydroxylation sites is 1. The highest BCUT2D eigenvalue weighted by Gasteiger charge is 2.40. The number of carbonyl (C=O) groups excluding carboxylic acids is 1. The molecule has 0 spiro atoms. The molecule has 0 N–H and O–H groups in total. The number of carbonyl (C=O) groups is 1. The van der Waals surface area contributed by atoms with Gasteiger partial charge in [-0.15, -0.1) is 0 Å². The van der Waals surface area contributed by atoms with Crippen molar-refractivity contribution in [3.63, 3.8) is 0 Å². The van der Waals surface area contributed by atoms with E-state index in [1.165, 1.54) is 25.7 Å². The van der Waals surface area contributed by atoms with Gasteiger partial charge in [-0.3, -0.25) is 4.79 Å². The zero-order valence-electron chi connectivity index (χ0n) is 13.6. The van der Waals surface area contributed by atoms with Gasteiger partial charge in [0.2, 0.25) is 5.91 Å². The molecule has 3 nitrogen and oxygen atoms in total. The van der Waals surface area contributed by atoms with Crippen molar-refractivity contribution in [2.75, 3.05) is 31.1 Å². The summed E-state index contributed by atoms with van der Waals surface area (Å²) >= 11 is 6.28. The van der Waals surface area contributed by atoms with Crippen molar-refractivity contribution >= 4 is 23.2 Å². The number of hydrogen-bond acceptors (Lipinski definition) is 2. The molecule has 1 saturated heterocycles. The molecule has 2 aliphatic carbocycles. The fourth-order valence-electron chi connectivity index (χ4n) is 4.88. The number of halogens is 1. The van der Waals surface area contributed by atoms with Crippen molar-refractivity contribution < 1.29 is 4.79 Å². The normalized spacial score (nSPS) is 30.0. The van der Waals surface area contributed by atoms with E-state index in [1.54, 1.807) is 0 Å². The van der Waals surface area contributed by atoms with E-state index in [9.17, 15) is 4.79 Å². The van der Waals surface area contributed by atoms with E-state index in [0.29, 0.717) is 11.8 Å². The van der Waals surface area contributed by atoms with Crippen molar-refractivity contribution in [1.82, 2.24) is 4.90 Å². The summed E-state index contributed by atoms with van der Waals surface area (Å²) in [4.78, 5) is 17.0. The van der Waals surface area contributed by atoms with Gasteiger partial charge in [0, 0.05) is 32.6 Å². The predicted molar refractivity (Wildman–Crippen MR) is 93.8 cm³/mol. The second kappa shape index (κ2) is 6.35. The third kappa shape index (κ3) is 3.08. The van der Waals surface area contributed by atoms with Gasteiger partial charge in [0.1, 0.15) is 0 Å². The number of piperazine rings is 1. The van der Waals surface area contributed by atoms with Crippen LogP contribution in [0, 0.1) is 17.8 Å². The van der Waals surface area contributed by atoms with Crippen molar-refractivity contribution in [1.29, 1.82) is 0 Å². The second-order valence-electron chi connectivity index (χ2n) is 7.46. The van der Waals surface area contributed by atoms with Crippen LogP contribution < -0.4 is 4.90 Å². The summed E-state index contributed by atoms with van der Waals surface area (Å²) in [5.41, 5.74) is 1.09. The molecule has 4 heteroatoms. The second-order valence-corrected chi connectivity index (χ2v) is 7.87. The molecule has 1 amide bonds. The maximum absolute atomic E-state index is 12.6. The summed E-state index contributed by atoms with van der Waals surface area (Å²) < 4.78 is 0. The molecule has 23 heavy (non-hydrogen) atoms. The number of hydrogen-bond donors (Lipinski definition) is 0. The highest BCUT2D eigenvalue weighted by atomic mass is 35.5. The van der Waals surface area contributed by atoms with Crippen molar-refractivity contribution in [3.05, 3.63) is 29.3 Å². The Morgan fingerprint density at radius 1 is 1.09 bits per heavy atom. The van der Waals surface area contributed by atoms with Crippen molar-refractivity contribution in [3.8, 4) is 0 Å². The van der Waals surface area contributed by atoms with Gasteiger partial charge in [0.25, 0.3) is 0 Å². The van der Waals surface area contributed by atoms with Gasteiger partial charge >= 0.3 is 0 Å². The number of nitrogens with zero attached hydrogens (tertiary/aromatic N) is 2. The average molecular weight is 333 g/mol. The average Bonchev–Trinajstić information content (AvgIpc) is 3.18. The van der Waals surface area contributed by atoms with E-state index in [4.69, 9.17) is 11.6 Å². The monoisotopic (exact) mass is 332 g/mol. The summed E-state index contributed by atoms with van der Waals surface area (Å²) in [6.45, 7) is 3.41. The van der Waals surface area contributed by atoms with Crippen LogP contribution in [0.3, 0.4) is 0 Å². The van der Waals surface area contributed by atoms with Crippen LogP contribution in [0.2, 0.25) is 5.02 Å². The topological polar surface area (TPSA) is 23.6 Å². The summed E-state index contributed by atoms with van der Waals surface area (Å²) in [6.07, 6.45) is 6.25. The van der Waals surface area contributed by atoms with Gasteiger partial charge in [-0.05, 0) is 49.1 Å². The lowest BCUT2D eigenvalue weighted by molar-refractivity contribution is -0.132. The largest absolute Gasteiger partial charge is 0.367 e. The first-order valence-electron chi connectivity index (χ1n) is 8.98. The maximum Gasteiger partial charge on any atom is 0.222 e. The SMILES string of the molecule is O=C(C[C@H]1C[C@H]2CC[C@@H]1C2)N1CCN(c2ccccc2Cl)CC1. The van der Waals surface area contributed by atoms with E-state index < -0.39 is 0 Å². The molecule has 124 valence electrons. The summed E-state index contributed by atoms with van der Waals surface area (Å²) in [5, 5.41) is 0.800. The molecule has 0 unspecified atom stereocenters. The molecule has 1 aromatic rings. The lowest BCUT2D eigenvalue weighted by Crippen LogP contribution is -2.49. The Hall–Kier alpha value is -1.22. The smallest absolute Gasteiger partial charge is 0.222 e. The fraction of sp³-hybridized carbons (Fsp3) is 0.632. The first-order valence-corrected chi connectivity index (χ1v) is 9.36. The van der Waals surface area contributed by atoms with Gasteiger partial charge < -0.3 is 9.80 Å². The van der Waals surface area contributed by atoms with Crippen molar-refractivity contribution in [2.24, 2.45) is 17.8 Å². The van der Waals surface area contributed by atoms with E-state index in [2.05, 4.69) is 15.9 Å². The van der Waals surface area contributed by atoms with Crippen LogP contribution >= 0.6 is 11.6 Å². The Morgan fingerprint density at radius 3 is 2.52 bits per heavy atom. The Balaban J connectivity index is 1.31. The van der Waals surface area contributed by atoms with E-state index in [1.807, 2.05) is 18.2 Å². The van der Waals surface area contributed by atoms with E-state index >= 15 is 0 Å². The third-order valence-corrected chi connectivity index (χ3v) is 6.47. The van der Waals surface area contributed by atoms with Gasteiger partial charge in [0.15, 0.2) is 0 Å². The standard InChI is InChI=1S/C19H25ClN2O/c20-17-3-1-2-4-18(17)21-7-9-22(10-8-21)19(23)13-16-12-14-5-6-15(16)11-14/h1-4,14-16H,5-13H2/t14-,15+,16+/m0/s1. The zero-order valence-corrected chi connectivity index (χ0v) is 14.3. The van der Waals surface area contributed by atoms with E-state index in [0.717, 1.165) is 55.1 Å². The molecule has 3 atom stereocenters. The van der Waals surface area contributed by atoms with Crippen LogP contribution in [-0.4, -0.2) is 37.0 Å². The first-order chi connectivity index (χ1) is 11.2. The highest BCUT2D eigenvalue weighted by Crippen LogP contribution is 2.49. The van der Waals surface area contributed by atoms with Crippen LogP contribution in [0.1, 0.15) is 32.1 Å². The van der Waals surface area contributed by atoms with Crippen molar-refractivity contribution in [2.45, 2.75) is 32.1 Å². The van der Waals surface area contributed by atoms with Crippen LogP contribution in [0.15, 0.2) is 24.3 Å². The molecule has 1 aromatic carbocycles. The molecule has 0 radical (unpaired) electrons. The van der Waals surface area contributed by atoms with Crippen LogP contribution in [0.25, 0.3) is 0 Å². The Labute approximate surface area is 143 Å². The minimum atomic E-state index is 0.376. The van der Waals surface area contributed by atoms with Gasteiger partial charge in [-0.1, -0.05) is 30.2 Å². The fourth-order valence-corrected chi connectivity index (χ4v) is 5.14. The molecular formula is C19H25ClN2O. The number of fused-ring (bicyclic) bond motifs is 2. The Bertz CT molecular complexity index is 582. The minimum Gasteiger partial charge on any atom is -0.367 e. The summed E-state index contributed by atoms with van der Waals surface area (Å²) in [5.74, 6) is 2.81. The molecule has 1 aliphatic heterocycles. The number of benzene rings is 1. The molecule has 2 saturated carbocycles. The summed E-state index contributed by atoms with van der Waals surface area (Å²) in [6, 6.07) is 7.98. The Morgan fingerprint density at radius 2 is 1.87 bits per heavy atom. The molecular weight excluding hydrogens is 308 g/mol. The number of amides is 1. The van der Waals surface area contributed by atoms with Gasteiger partial charge in [-0.2, -0.15) is 0 Å². The third-order valence-electron chi connectivity index (χ3n) is 6.15. The first kappa shape index (κ1) is 15.3. The predicted octanol–water partition coefficient (Wildman–Crippen LogP) is 3.81. The van der Waals surface area contributed by atoms with Gasteiger partial charge in [-0.25, -0.2) is 0 Å². The molecule has 2 bridgehead atoms. The lowest BCUT2D eigenvalue weighted by atomic mass is 9.86. The molecule has 1 heterocycles. The summed E-state index contributed by atoms with van der Waals surface area (Å²) in [7, 11) is 0. The maximum atomic E-state index is 12.6. The quantitative estimate of drug-likeness (QED) is 0.840. The van der Waals surface area contributed by atoms with E-state index in [-0.39, 0.29) is 0 Å². The molecule has 3 fully saturated rings. The van der Waals surface area contributed by atoms with Crippen LogP contribution in [0.5, 0.6) is 0 Å². The molecule has 0 aromatic heterocycles. The minimum absolute atomic E-state index is 0.376.